The minimum atomic E-state index is -3.92. The molecule has 2 aromatic carbocycles. The number of amides is 9. The number of nitrogens with two attached hydrogens (primary N) is 1. The summed E-state index contributed by atoms with van der Waals surface area (Å²) in [4.78, 5) is 186. The van der Waals surface area contributed by atoms with E-state index >= 15 is 0 Å². The number of urea groups is 1. The lowest BCUT2D eigenvalue weighted by Crippen LogP contribution is -2.55. The lowest BCUT2D eigenvalue weighted by molar-refractivity contribution is -0.149. The summed E-state index contributed by atoms with van der Waals surface area (Å²) < 4.78 is 45.8. The van der Waals surface area contributed by atoms with Crippen molar-refractivity contribution in [2.24, 2.45) is 59.0 Å². The Morgan fingerprint density at radius 2 is 1.30 bits per heavy atom. The second kappa shape index (κ2) is 51.4. The maximum absolute atomic E-state index is 15.0. The third-order valence-corrected chi connectivity index (χ3v) is 23.6. The SMILES string of the molecule is C.C.CC[C@H](C)[C@@H]([C@@H](CC(=O)N1CCC[C@H]1[C@H](OC)[C@@H](C)C(=O)N[C@@H](Cc1ccccc1)C(=O)NS(=O)(=O)C1CC1)OC)N(C)C(=O)[C@@H](CC(=O)[C@H](C(C)C)N(C)C(=O)OCc1ccc(NC(=O)[C@H](CCCNC(N)=O)CC(=O)[C@@H](NC(=O)CCCCCN2CCC(C(=O)O)CC2)C(C)C)cc1)C(C)C.O=CCC(CC=O)C(=O)O. The number of carbonyl (C=O) groups excluding carboxylic acids is 12. The lowest BCUT2D eigenvalue weighted by Gasteiger charge is -2.41. The van der Waals surface area contributed by atoms with Gasteiger partial charge in [0.15, 0.2) is 11.6 Å². The van der Waals surface area contributed by atoms with Gasteiger partial charge >= 0.3 is 24.1 Å². The average molecular weight is 1640 g/mol. The number of hydrogen-bond acceptors (Lipinski definition) is 20. The van der Waals surface area contributed by atoms with Gasteiger partial charge in [-0.1, -0.05) is 132 Å². The number of rotatable bonds is 49. The number of unbranched alkanes of at least 4 members (excludes halogenated alkanes) is 2. The van der Waals surface area contributed by atoms with E-state index in [9.17, 15) is 80.6 Å². The summed E-state index contributed by atoms with van der Waals surface area (Å²) in [6, 6.07) is 10.4. The quantitative estimate of drug-likeness (QED) is 0.0228. The molecule has 9 amide bonds. The number of ketones is 2. The number of nitrogens with one attached hydrogen (secondary N) is 5. The predicted molar refractivity (Wildman–Crippen MR) is 436 cm³/mol. The molecule has 32 heteroatoms. The van der Waals surface area contributed by atoms with E-state index in [4.69, 9.17) is 25.1 Å². The number of aliphatic carboxylic acids is 2. The first-order valence-corrected chi connectivity index (χ1v) is 41.2. The van der Waals surface area contributed by atoms with Crippen LogP contribution in [0.3, 0.4) is 0 Å². The highest BCUT2D eigenvalue weighted by Gasteiger charge is 2.45. The summed E-state index contributed by atoms with van der Waals surface area (Å²) in [6.07, 6.45) is 4.73. The second-order valence-electron chi connectivity index (χ2n) is 31.3. The number of likely N-dealkylation sites (N-methyl/N-ethyl adjacent to an activating group) is 2. The molecule has 648 valence electrons. The van der Waals surface area contributed by atoms with Gasteiger partial charge in [-0.05, 0) is 131 Å². The maximum Gasteiger partial charge on any atom is 0.410 e. The van der Waals surface area contributed by atoms with Crippen molar-refractivity contribution in [2.75, 3.05) is 66.4 Å². The highest BCUT2D eigenvalue weighted by Crippen LogP contribution is 2.33. The summed E-state index contributed by atoms with van der Waals surface area (Å²) in [5, 5.41) is 28.0. The molecule has 2 heterocycles. The number of sulfonamides is 1. The third-order valence-electron chi connectivity index (χ3n) is 21.8. The predicted octanol–water partition coefficient (Wildman–Crippen LogP) is 8.36. The van der Waals surface area contributed by atoms with E-state index in [1.807, 2.05) is 41.5 Å². The van der Waals surface area contributed by atoms with Crippen molar-refractivity contribution in [3.63, 3.8) is 0 Å². The Labute approximate surface area is 680 Å². The largest absolute Gasteiger partial charge is 0.481 e. The Bertz CT molecular complexity index is 3560. The molecule has 1 aliphatic carbocycles. The summed E-state index contributed by atoms with van der Waals surface area (Å²) in [7, 11) is 2.13. The number of carbonyl (C=O) groups is 14. The molecule has 115 heavy (non-hydrogen) atoms. The molecule has 2 aromatic rings. The van der Waals surface area contributed by atoms with Crippen molar-refractivity contribution in [3.05, 3.63) is 65.7 Å². The lowest BCUT2D eigenvalue weighted by atomic mass is 9.83. The van der Waals surface area contributed by atoms with Gasteiger partial charge in [-0.2, -0.15) is 0 Å². The standard InChI is InChI=1S/C75H118N10O17S.C6H8O4.2CH4/c1-14-49(8)67(62(100-12)44-64(89)85-38-22-26-59(85)68(101-13)50(9)69(90)79-58(41-51-23-17-15-18-24-51)71(92)81-103(98,99)56-32-33-56)82(10)72(93)57(46(2)3)43-61(87)66(48(6)7)83(11)75(97)102-45-52-28-30-55(31-29-52)78-70(91)54(25-21-36-77-74(76)96)42-60(86)65(47(4)5)80-63(88)27-19-16-20-37-84-39-34-53(35-40-84)73(94)95;7-3-1-5(2-4-8)6(9)10;;/h15,17-18,23-24,28-31,46-50,53-54,56-59,62,65-68H,14,16,19-22,25-27,32-45H2,1-13H3,(H,78,91)(H,79,90)(H,80,88)(H,81,92)(H,94,95)(H3,76,77,96);3-5H,1-2H2,(H,9,10);2*1H4/t49-,50+,54+,57-,58-,59-,62+,65-,66-,67-,68+;;;/m0.../s1. The van der Waals surface area contributed by atoms with Crippen LogP contribution in [-0.4, -0.2) is 231 Å². The van der Waals surface area contributed by atoms with Crippen molar-refractivity contribution in [1.82, 2.24) is 40.3 Å². The number of benzene rings is 2. The Hall–Kier alpha value is -8.75. The molecular formula is C83H134N10O21S. The number of nitrogens with zero attached hydrogens (tertiary/aromatic N) is 4. The van der Waals surface area contributed by atoms with Crippen LogP contribution in [0.2, 0.25) is 0 Å². The fraction of sp³-hybridized carbons (Fsp3) is 0.687. The molecule has 2 aliphatic heterocycles. The Morgan fingerprint density at radius 3 is 1.83 bits per heavy atom. The highest BCUT2D eigenvalue weighted by atomic mass is 32.2. The zero-order valence-corrected chi connectivity index (χ0v) is 69.1. The normalized spacial score (nSPS) is 17.0. The maximum atomic E-state index is 15.0. The van der Waals surface area contributed by atoms with E-state index in [1.54, 1.807) is 92.2 Å². The molecule has 0 bridgehead atoms. The van der Waals surface area contributed by atoms with E-state index < -0.39 is 129 Å². The first-order chi connectivity index (χ1) is 53.4. The van der Waals surface area contributed by atoms with Gasteiger partial charge in [-0.3, -0.25) is 52.7 Å². The number of carboxylic acids is 2. The fourth-order valence-corrected chi connectivity index (χ4v) is 16.1. The molecule has 0 unspecified atom stereocenters. The number of hydrogen-bond donors (Lipinski definition) is 8. The Balaban J connectivity index is 0.00000348. The van der Waals surface area contributed by atoms with Crippen LogP contribution in [0.1, 0.15) is 204 Å². The van der Waals surface area contributed by atoms with Gasteiger partial charge in [0.05, 0.1) is 65.8 Å². The molecular weight excluding hydrogens is 1510 g/mol. The first kappa shape index (κ1) is 102. The van der Waals surface area contributed by atoms with E-state index in [1.165, 1.54) is 26.2 Å². The van der Waals surface area contributed by atoms with Gasteiger partial charge in [0.25, 0.3) is 5.91 Å². The van der Waals surface area contributed by atoms with Crippen LogP contribution in [0, 0.1) is 53.3 Å². The topological polar surface area (TPSA) is 440 Å². The van der Waals surface area contributed by atoms with Crippen LogP contribution in [0.25, 0.3) is 0 Å². The second-order valence-corrected chi connectivity index (χ2v) is 33.3. The smallest absolute Gasteiger partial charge is 0.410 e. The van der Waals surface area contributed by atoms with Crippen LogP contribution in [0.5, 0.6) is 0 Å². The molecule has 3 fully saturated rings. The van der Waals surface area contributed by atoms with Crippen molar-refractivity contribution in [1.29, 1.82) is 0 Å². The van der Waals surface area contributed by atoms with Gasteiger partial charge < -0.3 is 80.6 Å². The summed E-state index contributed by atoms with van der Waals surface area (Å²) in [6.45, 7) is 19.1. The van der Waals surface area contributed by atoms with Crippen LogP contribution >= 0.6 is 0 Å². The Kier molecular flexibility index (Phi) is 45.7. The summed E-state index contributed by atoms with van der Waals surface area (Å²) in [5.41, 5.74) is 6.93. The van der Waals surface area contributed by atoms with Crippen LogP contribution in [-0.2, 0) is 94.8 Å². The molecule has 11 atom stereocenters. The molecule has 3 aliphatic rings. The van der Waals surface area contributed by atoms with Crippen molar-refractivity contribution >= 4 is 99.4 Å². The van der Waals surface area contributed by atoms with Gasteiger partial charge in [0.2, 0.25) is 39.6 Å². The van der Waals surface area contributed by atoms with E-state index in [2.05, 4.69) is 30.9 Å². The van der Waals surface area contributed by atoms with Crippen molar-refractivity contribution < 1.29 is 100.0 Å². The average Bonchev–Trinajstić information content (AvgIpc) is 1.76. The Morgan fingerprint density at radius 1 is 0.678 bits per heavy atom. The van der Waals surface area contributed by atoms with E-state index in [-0.39, 0.29) is 132 Å². The number of aldehydes is 2. The fourth-order valence-electron chi connectivity index (χ4n) is 14.7. The number of ether oxygens (including phenoxy) is 3. The van der Waals surface area contributed by atoms with Gasteiger partial charge in [-0.25, -0.2) is 18.0 Å². The molecule has 31 nitrogen and oxygen atoms in total. The molecule has 1 saturated carbocycles. The van der Waals surface area contributed by atoms with Crippen molar-refractivity contribution in [2.45, 2.75) is 253 Å². The number of methoxy groups -OCH3 is 2. The summed E-state index contributed by atoms with van der Waals surface area (Å²) in [5.74, 6) is -10.3. The number of likely N-dealkylation sites (tertiary alicyclic amines) is 2. The number of piperidine rings is 1. The minimum Gasteiger partial charge on any atom is -0.481 e. The first-order valence-electron chi connectivity index (χ1n) is 39.7. The monoisotopic (exact) mass is 1640 g/mol. The number of Topliss-reactive ketones (excluding diaryl/α,β-unsaturated/α-hetero) is 2. The van der Waals surface area contributed by atoms with Crippen LogP contribution in [0.15, 0.2) is 54.6 Å². The zero-order valence-electron chi connectivity index (χ0n) is 68.3. The van der Waals surface area contributed by atoms with Crippen LogP contribution in [0.4, 0.5) is 15.3 Å². The number of carboxylic acid groups (broad SMARTS) is 2. The molecule has 2 saturated heterocycles. The molecule has 0 aromatic heterocycles. The van der Waals surface area contributed by atoms with Gasteiger partial charge in [0, 0.05) is 97.5 Å². The number of primary amides is 1. The molecule has 9 N–H and O–H groups in total. The van der Waals surface area contributed by atoms with E-state index in [0.29, 0.717) is 93.7 Å². The number of anilines is 1. The van der Waals surface area contributed by atoms with Crippen LogP contribution < -0.4 is 31.7 Å². The minimum absolute atomic E-state index is 0. The van der Waals surface area contributed by atoms with Crippen molar-refractivity contribution in [3.8, 4) is 0 Å². The van der Waals surface area contributed by atoms with E-state index in [0.717, 1.165) is 32.5 Å². The molecule has 0 radical (unpaired) electrons. The zero-order chi connectivity index (χ0) is 84.4. The third kappa shape index (κ3) is 33.4. The highest BCUT2D eigenvalue weighted by molar-refractivity contribution is 7.91. The molecule has 0 spiro atoms. The summed E-state index contributed by atoms with van der Waals surface area (Å²) >= 11 is 0. The van der Waals surface area contributed by atoms with Gasteiger partial charge in [0.1, 0.15) is 25.2 Å². The molecule has 5 rings (SSSR count). The van der Waals surface area contributed by atoms with Gasteiger partial charge in [-0.15, -0.1) is 0 Å².